The third-order valence-corrected chi connectivity index (χ3v) is 11.6. The summed E-state index contributed by atoms with van der Waals surface area (Å²) in [5.74, 6) is 0. The highest BCUT2D eigenvalue weighted by Gasteiger charge is 2.19. The van der Waals surface area contributed by atoms with E-state index in [4.69, 9.17) is 0 Å². The molecule has 11 aromatic rings. The van der Waals surface area contributed by atoms with Gasteiger partial charge in [0.1, 0.15) is 0 Å². The SMILES string of the molecule is c1ccc(-c2c(-c3ccccc3)c3ccc(-c4ccc(-c5c6ccccc6c(-c6ccc7ccccc7c6)c6ccccc56)cc4)cc3c3ccccc23)cc1. The summed E-state index contributed by atoms with van der Waals surface area (Å²) in [5, 5.41) is 12.6. The van der Waals surface area contributed by atoms with E-state index in [2.05, 4.69) is 218 Å². The summed E-state index contributed by atoms with van der Waals surface area (Å²) >= 11 is 0. The second-order valence-electron chi connectivity index (χ2n) is 14.8. The Balaban J connectivity index is 1.08. The summed E-state index contributed by atoms with van der Waals surface area (Å²) in [6.07, 6.45) is 0. The molecule has 0 saturated heterocycles. The lowest BCUT2D eigenvalue weighted by molar-refractivity contribution is 1.61. The van der Waals surface area contributed by atoms with Crippen molar-refractivity contribution in [2.45, 2.75) is 0 Å². The zero-order valence-electron chi connectivity index (χ0n) is 30.8. The van der Waals surface area contributed by atoms with Gasteiger partial charge in [0.2, 0.25) is 0 Å². The van der Waals surface area contributed by atoms with Gasteiger partial charge in [-0.25, -0.2) is 0 Å². The molecule has 0 heterocycles. The first-order valence-corrected chi connectivity index (χ1v) is 19.4. The van der Waals surface area contributed by atoms with Crippen LogP contribution in [0.2, 0.25) is 0 Å². The maximum Gasteiger partial charge on any atom is -0.00203 e. The van der Waals surface area contributed by atoms with E-state index in [1.165, 1.54) is 109 Å². The van der Waals surface area contributed by atoms with E-state index < -0.39 is 0 Å². The van der Waals surface area contributed by atoms with Gasteiger partial charge in [-0.05, 0) is 122 Å². The Morgan fingerprint density at radius 2 is 0.536 bits per heavy atom. The van der Waals surface area contributed by atoms with E-state index in [9.17, 15) is 0 Å². The van der Waals surface area contributed by atoms with Gasteiger partial charge in [0, 0.05) is 0 Å². The molecule has 0 heteroatoms. The van der Waals surface area contributed by atoms with Crippen LogP contribution in [-0.2, 0) is 0 Å². The molecule has 0 N–H and O–H groups in total. The molecule has 11 aromatic carbocycles. The molecule has 0 fully saturated rings. The Kier molecular flexibility index (Phi) is 7.60. The molecule has 260 valence electrons. The fraction of sp³-hybridized carbons (Fsp3) is 0. The van der Waals surface area contributed by atoms with Crippen LogP contribution in [0, 0.1) is 0 Å². The third kappa shape index (κ3) is 5.22. The summed E-state index contributed by atoms with van der Waals surface area (Å²) in [4.78, 5) is 0. The monoisotopic (exact) mass is 708 g/mol. The standard InChI is InChI=1S/C56H36/c1-3-16-39(17-4-1)55-46-22-10-9-21-45(46)52-36-43(33-34-51(52)56(55)40-18-5-2-6-19-40)38-27-30-41(31-28-38)53-47-23-11-13-25-49(47)54(50-26-14-12-24-48(50)53)44-32-29-37-15-7-8-20-42(37)35-44/h1-36H. The van der Waals surface area contributed by atoms with Gasteiger partial charge >= 0.3 is 0 Å². The molecule has 11 rings (SSSR count). The molecule has 0 aliphatic carbocycles. The fourth-order valence-electron chi connectivity index (χ4n) is 9.10. The van der Waals surface area contributed by atoms with Crippen molar-refractivity contribution in [3.8, 4) is 55.6 Å². The van der Waals surface area contributed by atoms with Gasteiger partial charge in [-0.1, -0.05) is 206 Å². The molecule has 0 radical (unpaired) electrons. The van der Waals surface area contributed by atoms with Crippen molar-refractivity contribution in [3.63, 3.8) is 0 Å². The lowest BCUT2D eigenvalue weighted by atomic mass is 9.84. The number of fused-ring (bicyclic) bond motifs is 6. The van der Waals surface area contributed by atoms with Gasteiger partial charge in [-0.15, -0.1) is 0 Å². The van der Waals surface area contributed by atoms with Crippen molar-refractivity contribution in [1.29, 1.82) is 0 Å². The molecule has 0 aliphatic rings. The van der Waals surface area contributed by atoms with Gasteiger partial charge in [0.25, 0.3) is 0 Å². The van der Waals surface area contributed by atoms with Crippen LogP contribution in [0.5, 0.6) is 0 Å². The van der Waals surface area contributed by atoms with Crippen LogP contribution >= 0.6 is 0 Å². The van der Waals surface area contributed by atoms with Gasteiger partial charge in [-0.3, -0.25) is 0 Å². The van der Waals surface area contributed by atoms with Crippen molar-refractivity contribution in [2.75, 3.05) is 0 Å². The van der Waals surface area contributed by atoms with Crippen LogP contribution in [0.25, 0.3) is 109 Å². The average Bonchev–Trinajstić information content (AvgIpc) is 3.28. The largest absolute Gasteiger partial charge is 0.0622 e. The highest BCUT2D eigenvalue weighted by atomic mass is 14.2. The normalized spacial score (nSPS) is 11.6. The molecular weight excluding hydrogens is 673 g/mol. The zero-order valence-corrected chi connectivity index (χ0v) is 30.8. The van der Waals surface area contributed by atoms with Crippen LogP contribution in [0.3, 0.4) is 0 Å². The maximum atomic E-state index is 2.40. The Morgan fingerprint density at radius 1 is 0.161 bits per heavy atom. The number of hydrogen-bond donors (Lipinski definition) is 0. The van der Waals surface area contributed by atoms with E-state index >= 15 is 0 Å². The molecule has 0 spiro atoms. The first-order valence-electron chi connectivity index (χ1n) is 19.4. The van der Waals surface area contributed by atoms with Crippen LogP contribution in [0.15, 0.2) is 218 Å². The van der Waals surface area contributed by atoms with Crippen molar-refractivity contribution < 1.29 is 0 Å². The highest BCUT2D eigenvalue weighted by Crippen LogP contribution is 2.47. The minimum atomic E-state index is 1.20. The molecule has 56 heavy (non-hydrogen) atoms. The fourth-order valence-corrected chi connectivity index (χ4v) is 9.10. The molecular formula is C56H36. The van der Waals surface area contributed by atoms with E-state index in [-0.39, 0.29) is 0 Å². The first kappa shape index (κ1) is 32.2. The topological polar surface area (TPSA) is 0 Å². The second kappa shape index (κ2) is 13.2. The average molecular weight is 709 g/mol. The Bertz CT molecular complexity index is 3210. The second-order valence-corrected chi connectivity index (χ2v) is 14.8. The minimum Gasteiger partial charge on any atom is -0.0622 e. The smallest absolute Gasteiger partial charge is 0.00203 e. The summed E-state index contributed by atoms with van der Waals surface area (Å²) in [6.45, 7) is 0. The van der Waals surface area contributed by atoms with E-state index in [0.717, 1.165) is 0 Å². The van der Waals surface area contributed by atoms with Gasteiger partial charge in [0.15, 0.2) is 0 Å². The van der Waals surface area contributed by atoms with E-state index in [0.29, 0.717) is 0 Å². The number of rotatable bonds is 5. The summed E-state index contributed by atoms with van der Waals surface area (Å²) in [7, 11) is 0. The maximum absolute atomic E-state index is 2.40. The Labute approximate surface area is 326 Å². The molecule has 0 saturated carbocycles. The number of benzene rings is 11. The molecule has 0 aromatic heterocycles. The Hall–Kier alpha value is -7.28. The van der Waals surface area contributed by atoms with Gasteiger partial charge in [-0.2, -0.15) is 0 Å². The third-order valence-electron chi connectivity index (χ3n) is 11.6. The van der Waals surface area contributed by atoms with Crippen LogP contribution in [-0.4, -0.2) is 0 Å². The predicted octanol–water partition coefficient (Wildman–Crippen LogP) is 15.8. The van der Waals surface area contributed by atoms with Crippen molar-refractivity contribution in [2.24, 2.45) is 0 Å². The first-order chi connectivity index (χ1) is 27.8. The lowest BCUT2D eigenvalue weighted by Gasteiger charge is -2.19. The van der Waals surface area contributed by atoms with Crippen LogP contribution < -0.4 is 0 Å². The predicted molar refractivity (Wildman–Crippen MR) is 241 cm³/mol. The van der Waals surface area contributed by atoms with Crippen molar-refractivity contribution >= 4 is 53.9 Å². The molecule has 0 aliphatic heterocycles. The minimum absolute atomic E-state index is 1.20. The van der Waals surface area contributed by atoms with E-state index in [1.807, 2.05) is 0 Å². The summed E-state index contributed by atoms with van der Waals surface area (Å²) in [5.41, 5.74) is 12.5. The number of hydrogen-bond acceptors (Lipinski definition) is 0. The molecule has 0 amide bonds. The quantitative estimate of drug-likeness (QED) is 0.123. The van der Waals surface area contributed by atoms with E-state index in [1.54, 1.807) is 0 Å². The van der Waals surface area contributed by atoms with Crippen molar-refractivity contribution in [1.82, 2.24) is 0 Å². The van der Waals surface area contributed by atoms with Crippen LogP contribution in [0.4, 0.5) is 0 Å². The summed E-state index contributed by atoms with van der Waals surface area (Å²) < 4.78 is 0. The van der Waals surface area contributed by atoms with Gasteiger partial charge in [0.05, 0.1) is 0 Å². The van der Waals surface area contributed by atoms with Crippen LogP contribution in [0.1, 0.15) is 0 Å². The Morgan fingerprint density at radius 3 is 1.11 bits per heavy atom. The van der Waals surface area contributed by atoms with Gasteiger partial charge < -0.3 is 0 Å². The molecule has 0 atom stereocenters. The molecule has 0 nitrogen and oxygen atoms in total. The van der Waals surface area contributed by atoms with Crippen molar-refractivity contribution in [3.05, 3.63) is 218 Å². The zero-order chi connectivity index (χ0) is 37.0. The lowest BCUT2D eigenvalue weighted by Crippen LogP contribution is -1.92. The summed E-state index contributed by atoms with van der Waals surface area (Å²) in [6, 6.07) is 80.2. The molecule has 0 unspecified atom stereocenters. The highest BCUT2D eigenvalue weighted by molar-refractivity contribution is 6.23. The molecule has 0 bridgehead atoms.